The number of esters is 1. The molecule has 3 rings (SSSR count). The lowest BCUT2D eigenvalue weighted by Gasteiger charge is -2.33. The van der Waals surface area contributed by atoms with Crippen molar-refractivity contribution in [2.75, 3.05) is 13.7 Å². The SMILES string of the molecule is CC1=C(C(=O)OCCc2ccccc2)C(c2cccc([N+](=O)[O-])c2)NC(=O)N1C. The van der Waals surface area contributed by atoms with Gasteiger partial charge in [0.05, 0.1) is 23.1 Å². The summed E-state index contributed by atoms with van der Waals surface area (Å²) in [7, 11) is 1.55. The van der Waals surface area contributed by atoms with Gasteiger partial charge in [-0.05, 0) is 18.1 Å². The van der Waals surface area contributed by atoms with E-state index in [-0.39, 0.29) is 17.9 Å². The van der Waals surface area contributed by atoms with Crippen molar-refractivity contribution >= 4 is 17.7 Å². The highest BCUT2D eigenvalue weighted by atomic mass is 16.6. The van der Waals surface area contributed by atoms with Crippen LogP contribution in [0.2, 0.25) is 0 Å². The molecule has 1 atom stereocenters. The van der Waals surface area contributed by atoms with Gasteiger partial charge in [0.15, 0.2) is 0 Å². The molecule has 2 amide bonds. The Morgan fingerprint density at radius 1 is 1.21 bits per heavy atom. The molecule has 2 aromatic rings. The third-order valence-electron chi connectivity index (χ3n) is 4.86. The van der Waals surface area contributed by atoms with Gasteiger partial charge in [0.25, 0.3) is 5.69 Å². The van der Waals surface area contributed by atoms with E-state index in [4.69, 9.17) is 4.74 Å². The number of allylic oxidation sites excluding steroid dienone is 1. The van der Waals surface area contributed by atoms with Crippen molar-refractivity contribution in [3.8, 4) is 0 Å². The van der Waals surface area contributed by atoms with Crippen LogP contribution >= 0.6 is 0 Å². The van der Waals surface area contributed by atoms with E-state index in [9.17, 15) is 19.7 Å². The van der Waals surface area contributed by atoms with Crippen LogP contribution in [0.1, 0.15) is 24.1 Å². The number of benzene rings is 2. The standard InChI is InChI=1S/C21H21N3O5/c1-14-18(20(25)29-12-11-15-7-4-3-5-8-15)19(22-21(26)23(14)2)16-9-6-10-17(13-16)24(27)28/h3-10,13,19H,11-12H2,1-2H3,(H,22,26). The average Bonchev–Trinajstić information content (AvgIpc) is 2.72. The van der Waals surface area contributed by atoms with Crippen molar-refractivity contribution in [2.24, 2.45) is 0 Å². The molecule has 0 aliphatic carbocycles. The monoisotopic (exact) mass is 395 g/mol. The van der Waals surface area contributed by atoms with Crippen molar-refractivity contribution in [3.05, 3.63) is 87.1 Å². The Hall–Kier alpha value is -3.68. The molecule has 0 radical (unpaired) electrons. The van der Waals surface area contributed by atoms with Crippen LogP contribution in [0.15, 0.2) is 65.9 Å². The van der Waals surface area contributed by atoms with Crippen LogP contribution in [0, 0.1) is 10.1 Å². The number of rotatable bonds is 6. The Labute approximate surface area is 167 Å². The molecule has 0 aromatic heterocycles. The molecule has 0 spiro atoms. The van der Waals surface area contributed by atoms with Crippen LogP contribution in [0.5, 0.6) is 0 Å². The Morgan fingerprint density at radius 2 is 1.93 bits per heavy atom. The highest BCUT2D eigenvalue weighted by Crippen LogP contribution is 2.32. The Balaban J connectivity index is 1.85. The molecular formula is C21H21N3O5. The molecule has 8 heteroatoms. The summed E-state index contributed by atoms with van der Waals surface area (Å²) in [5.41, 5.74) is 2.05. The predicted molar refractivity (Wildman–Crippen MR) is 106 cm³/mol. The third-order valence-corrected chi connectivity index (χ3v) is 4.86. The van der Waals surface area contributed by atoms with Crippen molar-refractivity contribution in [3.63, 3.8) is 0 Å². The van der Waals surface area contributed by atoms with E-state index in [1.165, 1.54) is 23.1 Å². The minimum absolute atomic E-state index is 0.120. The molecule has 1 heterocycles. The Bertz CT molecular complexity index is 971. The van der Waals surface area contributed by atoms with E-state index in [1.807, 2.05) is 30.3 Å². The predicted octanol–water partition coefficient (Wildman–Crippen LogP) is 3.35. The lowest BCUT2D eigenvalue weighted by Crippen LogP contribution is -2.46. The zero-order valence-corrected chi connectivity index (χ0v) is 16.1. The van der Waals surface area contributed by atoms with Crippen LogP contribution in [0.25, 0.3) is 0 Å². The smallest absolute Gasteiger partial charge is 0.338 e. The molecule has 1 aliphatic rings. The molecule has 0 fully saturated rings. The van der Waals surface area contributed by atoms with Gasteiger partial charge in [0.2, 0.25) is 0 Å². The minimum atomic E-state index is -0.831. The molecule has 0 bridgehead atoms. The number of non-ortho nitro benzene ring substituents is 1. The first-order valence-electron chi connectivity index (χ1n) is 9.09. The zero-order valence-electron chi connectivity index (χ0n) is 16.1. The molecular weight excluding hydrogens is 374 g/mol. The van der Waals surface area contributed by atoms with Gasteiger partial charge in [-0.15, -0.1) is 0 Å². The third kappa shape index (κ3) is 4.43. The van der Waals surface area contributed by atoms with Gasteiger partial charge in [-0.1, -0.05) is 42.5 Å². The number of ether oxygens (including phenoxy) is 1. The summed E-state index contributed by atoms with van der Waals surface area (Å²) in [5, 5.41) is 13.8. The maximum absolute atomic E-state index is 12.9. The van der Waals surface area contributed by atoms with Gasteiger partial charge >= 0.3 is 12.0 Å². The highest BCUT2D eigenvalue weighted by Gasteiger charge is 2.35. The molecule has 0 saturated carbocycles. The zero-order chi connectivity index (χ0) is 21.0. The molecule has 1 aliphatic heterocycles. The number of nitrogens with one attached hydrogen (secondary N) is 1. The second kappa shape index (κ2) is 8.55. The van der Waals surface area contributed by atoms with Gasteiger partial charge in [-0.25, -0.2) is 9.59 Å². The van der Waals surface area contributed by atoms with Crippen LogP contribution in [-0.2, 0) is 16.0 Å². The molecule has 8 nitrogen and oxygen atoms in total. The molecule has 1 N–H and O–H groups in total. The quantitative estimate of drug-likeness (QED) is 0.459. The van der Waals surface area contributed by atoms with Crippen LogP contribution in [-0.4, -0.2) is 35.5 Å². The maximum Gasteiger partial charge on any atom is 0.338 e. The molecule has 29 heavy (non-hydrogen) atoms. The number of hydrogen-bond acceptors (Lipinski definition) is 5. The van der Waals surface area contributed by atoms with Gasteiger partial charge in [0.1, 0.15) is 0 Å². The van der Waals surface area contributed by atoms with E-state index in [0.717, 1.165) is 5.56 Å². The van der Waals surface area contributed by atoms with Gasteiger partial charge in [0, 0.05) is 31.3 Å². The van der Waals surface area contributed by atoms with Crippen molar-refractivity contribution < 1.29 is 19.2 Å². The number of amides is 2. The molecule has 1 unspecified atom stereocenters. The summed E-state index contributed by atoms with van der Waals surface area (Å²) in [6.07, 6.45) is 0.558. The Kier molecular flexibility index (Phi) is 5.92. The van der Waals surface area contributed by atoms with Crippen LogP contribution in [0.3, 0.4) is 0 Å². The first-order valence-corrected chi connectivity index (χ1v) is 9.09. The van der Waals surface area contributed by atoms with E-state index in [0.29, 0.717) is 17.7 Å². The normalized spacial score (nSPS) is 16.4. The minimum Gasteiger partial charge on any atom is -0.462 e. The number of carbonyl (C=O) groups is 2. The summed E-state index contributed by atoms with van der Waals surface area (Å²) in [4.78, 5) is 37.0. The van der Waals surface area contributed by atoms with Gasteiger partial charge in [-0.2, -0.15) is 0 Å². The number of nitro groups is 1. The lowest BCUT2D eigenvalue weighted by molar-refractivity contribution is -0.384. The van der Waals surface area contributed by atoms with Crippen molar-refractivity contribution in [1.29, 1.82) is 0 Å². The van der Waals surface area contributed by atoms with Gasteiger partial charge < -0.3 is 15.0 Å². The second-order valence-electron chi connectivity index (χ2n) is 6.66. The fourth-order valence-electron chi connectivity index (χ4n) is 3.15. The molecule has 0 saturated heterocycles. The van der Waals surface area contributed by atoms with E-state index in [2.05, 4.69) is 5.32 Å². The largest absolute Gasteiger partial charge is 0.462 e. The van der Waals surface area contributed by atoms with E-state index < -0.39 is 23.0 Å². The fourth-order valence-corrected chi connectivity index (χ4v) is 3.15. The number of urea groups is 1. The lowest BCUT2D eigenvalue weighted by atomic mass is 9.94. The number of hydrogen-bond donors (Lipinski definition) is 1. The summed E-state index contributed by atoms with van der Waals surface area (Å²) in [6.45, 7) is 1.83. The first kappa shape index (κ1) is 20.1. The Morgan fingerprint density at radius 3 is 2.62 bits per heavy atom. The van der Waals surface area contributed by atoms with Crippen molar-refractivity contribution in [1.82, 2.24) is 10.2 Å². The van der Waals surface area contributed by atoms with Gasteiger partial charge in [-0.3, -0.25) is 10.1 Å². The average molecular weight is 395 g/mol. The number of carbonyl (C=O) groups excluding carboxylic acids is 2. The highest BCUT2D eigenvalue weighted by molar-refractivity contribution is 5.95. The summed E-state index contributed by atoms with van der Waals surface area (Å²) >= 11 is 0. The fraction of sp³-hybridized carbons (Fsp3) is 0.238. The second-order valence-corrected chi connectivity index (χ2v) is 6.66. The maximum atomic E-state index is 12.9. The van der Waals surface area contributed by atoms with E-state index in [1.54, 1.807) is 20.0 Å². The topological polar surface area (TPSA) is 102 Å². The van der Waals surface area contributed by atoms with Crippen LogP contribution in [0.4, 0.5) is 10.5 Å². The van der Waals surface area contributed by atoms with Crippen molar-refractivity contribution in [2.45, 2.75) is 19.4 Å². The number of nitro benzene ring substituents is 1. The van der Waals surface area contributed by atoms with E-state index >= 15 is 0 Å². The summed E-state index contributed by atoms with van der Waals surface area (Å²) in [6, 6.07) is 14.2. The van der Waals surface area contributed by atoms with Crippen LogP contribution < -0.4 is 5.32 Å². The number of nitrogens with zero attached hydrogens (tertiary/aromatic N) is 2. The first-order chi connectivity index (χ1) is 13.9. The summed E-state index contributed by atoms with van der Waals surface area (Å²) < 4.78 is 5.46. The molecule has 150 valence electrons. The molecule has 2 aromatic carbocycles. The summed E-state index contributed by atoms with van der Waals surface area (Å²) in [5.74, 6) is -0.568.